The average molecular weight is 114 g/mol. The molecule has 1 unspecified atom stereocenters. The van der Waals surface area contributed by atoms with E-state index in [1.807, 2.05) is 0 Å². The van der Waals surface area contributed by atoms with E-state index in [1.54, 1.807) is 6.92 Å². The minimum atomic E-state index is -0.121. The van der Waals surface area contributed by atoms with Crippen LogP contribution in [0.25, 0.3) is 0 Å². The minimum Gasteiger partial charge on any atom is -0.395 e. The Bertz CT molecular complexity index is 98.8. The Morgan fingerprint density at radius 3 is 2.50 bits per heavy atom. The lowest BCUT2D eigenvalue weighted by atomic mass is 10.2. The summed E-state index contributed by atoms with van der Waals surface area (Å²) in [5.41, 5.74) is 0. The van der Waals surface area contributed by atoms with Gasteiger partial charge in [-0.1, -0.05) is 11.8 Å². The van der Waals surface area contributed by atoms with Crippen LogP contribution in [0.5, 0.6) is 0 Å². The highest BCUT2D eigenvalue weighted by Gasteiger charge is 1.88. The molecule has 0 saturated heterocycles. The maximum atomic E-state index is 8.38. The van der Waals surface area contributed by atoms with Gasteiger partial charge in [-0.25, -0.2) is 0 Å². The summed E-state index contributed by atoms with van der Waals surface area (Å²) in [5, 5.41) is 16.5. The zero-order valence-corrected chi connectivity index (χ0v) is 4.89. The normalized spacial score (nSPS) is 11.9. The van der Waals surface area contributed by atoms with E-state index < -0.39 is 0 Å². The van der Waals surface area contributed by atoms with Crippen LogP contribution >= 0.6 is 0 Å². The summed E-state index contributed by atoms with van der Waals surface area (Å²) >= 11 is 0. The lowest BCUT2D eigenvalue weighted by Crippen LogP contribution is -1.95. The van der Waals surface area contributed by atoms with Gasteiger partial charge in [-0.15, -0.1) is 0 Å². The van der Waals surface area contributed by atoms with Gasteiger partial charge in [-0.3, -0.25) is 0 Å². The van der Waals surface area contributed by atoms with E-state index in [9.17, 15) is 0 Å². The summed E-state index contributed by atoms with van der Waals surface area (Å²) in [7, 11) is 0. The van der Waals surface area contributed by atoms with Crippen molar-refractivity contribution >= 4 is 0 Å². The molecule has 46 valence electrons. The first-order chi connectivity index (χ1) is 3.81. The first kappa shape index (κ1) is 7.48. The summed E-state index contributed by atoms with van der Waals surface area (Å²) in [5.74, 6) is 5.06. The van der Waals surface area contributed by atoms with Crippen molar-refractivity contribution in [2.24, 2.45) is 5.92 Å². The highest BCUT2D eigenvalue weighted by molar-refractivity contribution is 5.01. The third-order valence-corrected chi connectivity index (χ3v) is 0.701. The predicted octanol–water partition coefficient (Wildman–Crippen LogP) is -0.389. The molecule has 0 amide bonds. The molecule has 2 heteroatoms. The van der Waals surface area contributed by atoms with Crippen LogP contribution < -0.4 is 0 Å². The van der Waals surface area contributed by atoms with Gasteiger partial charge < -0.3 is 10.2 Å². The number of aliphatic hydroxyl groups excluding tert-OH is 2. The van der Waals surface area contributed by atoms with Crippen molar-refractivity contribution in [3.8, 4) is 11.8 Å². The van der Waals surface area contributed by atoms with E-state index in [2.05, 4.69) is 11.8 Å². The molecule has 0 aliphatic carbocycles. The molecule has 0 aliphatic heterocycles. The van der Waals surface area contributed by atoms with Crippen molar-refractivity contribution < 1.29 is 10.2 Å². The molecule has 2 nitrogen and oxygen atoms in total. The van der Waals surface area contributed by atoms with Crippen LogP contribution in [0.1, 0.15) is 6.92 Å². The van der Waals surface area contributed by atoms with Crippen LogP contribution in [-0.2, 0) is 0 Å². The van der Waals surface area contributed by atoms with Crippen molar-refractivity contribution in [1.82, 2.24) is 0 Å². The molecular weight excluding hydrogens is 104 g/mol. The number of hydrogen-bond donors (Lipinski definition) is 2. The molecule has 1 atom stereocenters. The van der Waals surface area contributed by atoms with Crippen LogP contribution in [0.2, 0.25) is 0 Å². The van der Waals surface area contributed by atoms with Crippen LogP contribution in [0.3, 0.4) is 0 Å². The Balaban J connectivity index is 3.35. The molecule has 0 saturated carbocycles. The molecule has 0 bridgehead atoms. The van der Waals surface area contributed by atoms with Gasteiger partial charge in [0.25, 0.3) is 0 Å². The zero-order valence-electron chi connectivity index (χ0n) is 4.89. The molecule has 0 aliphatic rings. The van der Waals surface area contributed by atoms with Gasteiger partial charge in [0.05, 0.1) is 6.61 Å². The van der Waals surface area contributed by atoms with Crippen LogP contribution in [0.15, 0.2) is 0 Å². The van der Waals surface area contributed by atoms with Crippen molar-refractivity contribution in [2.45, 2.75) is 6.92 Å². The average Bonchev–Trinajstić information content (AvgIpc) is 1.83. The Kier molecular flexibility index (Phi) is 4.33. The molecule has 0 rings (SSSR count). The summed E-state index contributed by atoms with van der Waals surface area (Å²) in [4.78, 5) is 0. The molecule has 0 spiro atoms. The third kappa shape index (κ3) is 3.66. The van der Waals surface area contributed by atoms with Gasteiger partial charge in [0, 0.05) is 5.92 Å². The number of rotatable bonds is 1. The lowest BCUT2D eigenvalue weighted by Gasteiger charge is -1.91. The zero-order chi connectivity index (χ0) is 6.41. The molecule has 2 N–H and O–H groups in total. The molecule has 0 aromatic carbocycles. The third-order valence-electron chi connectivity index (χ3n) is 0.701. The fourth-order valence-electron chi connectivity index (χ4n) is 0.266. The fourth-order valence-corrected chi connectivity index (χ4v) is 0.266. The Labute approximate surface area is 49.2 Å². The fraction of sp³-hybridized carbons (Fsp3) is 0.667. The predicted molar refractivity (Wildman–Crippen MR) is 31.1 cm³/mol. The minimum absolute atomic E-state index is 0.0119. The molecule has 0 radical (unpaired) electrons. The second-order valence-corrected chi connectivity index (χ2v) is 1.56. The first-order valence-electron chi connectivity index (χ1n) is 2.51. The summed E-state index contributed by atoms with van der Waals surface area (Å²) < 4.78 is 0. The summed E-state index contributed by atoms with van der Waals surface area (Å²) in [6.07, 6.45) is 0. The van der Waals surface area contributed by atoms with Crippen molar-refractivity contribution in [3.63, 3.8) is 0 Å². The maximum Gasteiger partial charge on any atom is 0.104 e. The van der Waals surface area contributed by atoms with E-state index in [1.165, 1.54) is 0 Å². The smallest absolute Gasteiger partial charge is 0.104 e. The van der Waals surface area contributed by atoms with Gasteiger partial charge in [0.15, 0.2) is 0 Å². The van der Waals surface area contributed by atoms with Crippen molar-refractivity contribution in [3.05, 3.63) is 0 Å². The van der Waals surface area contributed by atoms with E-state index in [-0.39, 0.29) is 19.1 Å². The second-order valence-electron chi connectivity index (χ2n) is 1.56. The largest absolute Gasteiger partial charge is 0.395 e. The molecule has 0 aromatic rings. The van der Waals surface area contributed by atoms with E-state index >= 15 is 0 Å². The van der Waals surface area contributed by atoms with Gasteiger partial charge >= 0.3 is 0 Å². The second kappa shape index (κ2) is 4.63. The molecule has 0 fully saturated rings. The topological polar surface area (TPSA) is 40.5 Å². The van der Waals surface area contributed by atoms with Crippen LogP contribution in [0, 0.1) is 17.8 Å². The summed E-state index contributed by atoms with van der Waals surface area (Å²) in [6, 6.07) is 0. The van der Waals surface area contributed by atoms with E-state index in [0.29, 0.717) is 0 Å². The summed E-state index contributed by atoms with van der Waals surface area (Å²) in [6.45, 7) is 1.74. The quantitative estimate of drug-likeness (QED) is 0.456. The van der Waals surface area contributed by atoms with Crippen molar-refractivity contribution in [1.29, 1.82) is 0 Å². The van der Waals surface area contributed by atoms with Gasteiger partial charge in [0.1, 0.15) is 6.61 Å². The highest BCUT2D eigenvalue weighted by Crippen LogP contribution is 1.85. The van der Waals surface area contributed by atoms with Crippen molar-refractivity contribution in [2.75, 3.05) is 13.2 Å². The van der Waals surface area contributed by atoms with E-state index in [4.69, 9.17) is 10.2 Å². The molecular formula is C6H10O2. The Morgan fingerprint density at radius 1 is 1.50 bits per heavy atom. The first-order valence-corrected chi connectivity index (χ1v) is 2.51. The Morgan fingerprint density at radius 2 is 2.12 bits per heavy atom. The number of hydrogen-bond acceptors (Lipinski definition) is 2. The monoisotopic (exact) mass is 114 g/mol. The number of aliphatic hydroxyl groups is 2. The van der Waals surface area contributed by atoms with Gasteiger partial charge in [-0.2, -0.15) is 0 Å². The molecule has 0 heterocycles. The highest BCUT2D eigenvalue weighted by atomic mass is 16.3. The molecule has 0 aromatic heterocycles. The molecule has 8 heavy (non-hydrogen) atoms. The Hall–Kier alpha value is -0.520. The maximum absolute atomic E-state index is 8.38. The van der Waals surface area contributed by atoms with Gasteiger partial charge in [-0.05, 0) is 6.92 Å². The standard InChI is InChI=1S/C6H10O2/c1-6(5-8)3-2-4-7/h6-8H,4-5H2,1H3. The van der Waals surface area contributed by atoms with Gasteiger partial charge in [0.2, 0.25) is 0 Å². The van der Waals surface area contributed by atoms with Crippen LogP contribution in [-0.4, -0.2) is 23.4 Å². The lowest BCUT2D eigenvalue weighted by molar-refractivity contribution is 0.266. The van der Waals surface area contributed by atoms with Crippen LogP contribution in [0.4, 0.5) is 0 Å². The SMILES string of the molecule is CC(C#CCO)CO. The van der Waals surface area contributed by atoms with E-state index in [0.717, 1.165) is 0 Å².